The van der Waals surface area contributed by atoms with Crippen LogP contribution >= 0.6 is 0 Å². The summed E-state index contributed by atoms with van der Waals surface area (Å²) >= 11 is 0. The van der Waals surface area contributed by atoms with Gasteiger partial charge in [-0.3, -0.25) is 0 Å². The summed E-state index contributed by atoms with van der Waals surface area (Å²) in [5.41, 5.74) is 6.06. The molecule has 10 nitrogen and oxygen atoms in total. The average Bonchev–Trinajstić information content (AvgIpc) is 3.36. The summed E-state index contributed by atoms with van der Waals surface area (Å²) in [4.78, 5) is 13.1. The lowest BCUT2D eigenvalue weighted by atomic mass is 10.1. The van der Waals surface area contributed by atoms with Crippen molar-refractivity contribution in [3.05, 3.63) is 239 Å². The number of phenols is 2. The maximum Gasteiger partial charge on any atom is 0.342 e. The van der Waals surface area contributed by atoms with Crippen molar-refractivity contribution < 1.29 is 48.2 Å². The maximum absolute atomic E-state index is 13.1. The van der Waals surface area contributed by atoms with E-state index in [4.69, 9.17) is 33.2 Å². The third-order valence-electron chi connectivity index (χ3n) is 10.2. The second-order valence-corrected chi connectivity index (χ2v) is 15.4. The van der Waals surface area contributed by atoms with Gasteiger partial charge in [-0.05, 0) is 87.5 Å². The van der Waals surface area contributed by atoms with Gasteiger partial charge in [-0.15, -0.1) is 0 Å². The van der Waals surface area contributed by atoms with Gasteiger partial charge in [0, 0.05) is 18.2 Å². The van der Waals surface area contributed by atoms with Crippen LogP contribution in [-0.4, -0.2) is 16.2 Å². The van der Waals surface area contributed by atoms with Crippen LogP contribution in [0, 0.1) is 0 Å². The highest BCUT2D eigenvalue weighted by Gasteiger charge is 2.17. The Morgan fingerprint density at radius 1 is 0.318 bits per heavy atom. The minimum Gasteiger partial charge on any atom is -0.504 e. The standard InChI is InChI=1S/C56H48O10/c57-54-23-13-22-53(55(54)58)56(59)66-39-46-28-51(64-37-44-24-47(60-33-40-14-5-1-6-15-40)30-48(25-44)61-34-41-16-7-2-8-17-41)32-52(29-46)65-38-45-26-49(62-35-42-18-9-3-10-19-42)31-50(27-45)63-36-43-20-11-4-12-21-43/h1-32,57-58H,33-39H2. The fraction of sp³-hybridized carbons (Fsp3) is 0.125. The van der Waals surface area contributed by atoms with Gasteiger partial charge in [0.25, 0.3) is 0 Å². The van der Waals surface area contributed by atoms with E-state index >= 15 is 0 Å². The van der Waals surface area contributed by atoms with Crippen molar-refractivity contribution in [1.82, 2.24) is 0 Å². The Hall–Kier alpha value is -8.37. The third-order valence-corrected chi connectivity index (χ3v) is 10.2. The SMILES string of the molecule is O=C(OCc1cc(OCc2cc(OCc3ccccc3)cc(OCc3ccccc3)c2)cc(OCc2cc(OCc3ccccc3)cc(OCc3ccccc3)c2)c1)c1cccc(O)c1O. The number of hydrogen-bond acceptors (Lipinski definition) is 10. The lowest BCUT2D eigenvalue weighted by molar-refractivity contribution is 0.0467. The predicted octanol–water partition coefficient (Wildman–Crippen LogP) is 11.9. The summed E-state index contributed by atoms with van der Waals surface area (Å²) in [5.74, 6) is 1.53. The summed E-state index contributed by atoms with van der Waals surface area (Å²) in [7, 11) is 0. The van der Waals surface area contributed by atoms with Crippen molar-refractivity contribution in [2.45, 2.75) is 46.2 Å². The van der Waals surface area contributed by atoms with E-state index in [0.717, 1.165) is 33.4 Å². The molecular weight excluding hydrogens is 833 g/mol. The molecule has 66 heavy (non-hydrogen) atoms. The fourth-order valence-corrected chi connectivity index (χ4v) is 6.86. The van der Waals surface area contributed by atoms with Gasteiger partial charge in [0.1, 0.15) is 86.3 Å². The highest BCUT2D eigenvalue weighted by molar-refractivity contribution is 5.93. The monoisotopic (exact) mass is 880 g/mol. The van der Waals surface area contributed by atoms with Crippen LogP contribution < -0.4 is 28.4 Å². The Morgan fingerprint density at radius 3 is 0.924 bits per heavy atom. The van der Waals surface area contributed by atoms with Crippen LogP contribution in [0.1, 0.15) is 49.3 Å². The molecule has 0 aliphatic carbocycles. The number of hydrogen-bond donors (Lipinski definition) is 2. The van der Waals surface area contributed by atoms with E-state index in [1.807, 2.05) is 158 Å². The molecule has 0 amide bonds. The minimum atomic E-state index is -0.817. The number of ether oxygens (including phenoxy) is 7. The lowest BCUT2D eigenvalue weighted by Gasteiger charge is -2.16. The van der Waals surface area contributed by atoms with Crippen molar-refractivity contribution >= 4 is 5.97 Å². The van der Waals surface area contributed by atoms with Gasteiger partial charge in [-0.2, -0.15) is 0 Å². The third kappa shape index (κ3) is 13.1. The van der Waals surface area contributed by atoms with E-state index < -0.39 is 17.5 Å². The number of para-hydroxylation sites is 1. The second-order valence-electron chi connectivity index (χ2n) is 15.4. The van der Waals surface area contributed by atoms with Gasteiger partial charge in [0.05, 0.1) is 0 Å². The molecule has 8 aromatic rings. The Kier molecular flexibility index (Phi) is 15.0. The number of aromatic hydroxyl groups is 2. The number of esters is 1. The molecule has 8 rings (SSSR count). The van der Waals surface area contributed by atoms with Crippen LogP contribution in [0.4, 0.5) is 0 Å². The van der Waals surface area contributed by atoms with Gasteiger partial charge in [0.15, 0.2) is 11.5 Å². The maximum atomic E-state index is 13.1. The molecule has 0 atom stereocenters. The van der Waals surface area contributed by atoms with Crippen molar-refractivity contribution in [2.24, 2.45) is 0 Å². The first-order valence-electron chi connectivity index (χ1n) is 21.4. The highest BCUT2D eigenvalue weighted by atomic mass is 16.5. The van der Waals surface area contributed by atoms with Crippen molar-refractivity contribution in [2.75, 3.05) is 0 Å². The normalized spacial score (nSPS) is 10.7. The van der Waals surface area contributed by atoms with E-state index in [9.17, 15) is 15.0 Å². The molecule has 0 aliphatic heterocycles. The molecule has 0 fully saturated rings. The van der Waals surface area contributed by atoms with Gasteiger partial charge < -0.3 is 43.4 Å². The molecule has 8 aromatic carbocycles. The minimum absolute atomic E-state index is 0.132. The molecule has 332 valence electrons. The summed E-state index contributed by atoms with van der Waals surface area (Å²) in [5, 5.41) is 20.3. The molecule has 0 bridgehead atoms. The first-order chi connectivity index (χ1) is 32.4. The van der Waals surface area contributed by atoms with Crippen LogP contribution in [0.15, 0.2) is 194 Å². The molecule has 0 unspecified atom stereocenters. The quantitative estimate of drug-likeness (QED) is 0.0533. The van der Waals surface area contributed by atoms with Gasteiger partial charge in [0.2, 0.25) is 0 Å². The molecule has 10 heteroatoms. The van der Waals surface area contributed by atoms with Gasteiger partial charge in [-0.1, -0.05) is 127 Å². The summed E-state index contributed by atoms with van der Waals surface area (Å²) in [6.45, 7) is 1.55. The van der Waals surface area contributed by atoms with E-state index in [1.165, 1.54) is 18.2 Å². The van der Waals surface area contributed by atoms with Crippen LogP contribution in [0.5, 0.6) is 46.0 Å². The zero-order chi connectivity index (χ0) is 45.3. The Morgan fingerprint density at radius 2 is 0.606 bits per heavy atom. The van der Waals surface area contributed by atoms with Crippen molar-refractivity contribution in [1.29, 1.82) is 0 Å². The van der Waals surface area contributed by atoms with Crippen LogP contribution in [0.25, 0.3) is 0 Å². The number of carbonyl (C=O) groups excluding carboxylic acids is 1. The first-order valence-corrected chi connectivity index (χ1v) is 21.4. The Bertz CT molecular complexity index is 2520. The largest absolute Gasteiger partial charge is 0.504 e. The molecule has 0 saturated heterocycles. The van der Waals surface area contributed by atoms with Gasteiger partial charge in [-0.25, -0.2) is 4.79 Å². The number of carbonyl (C=O) groups is 1. The van der Waals surface area contributed by atoms with E-state index in [0.29, 0.717) is 66.5 Å². The molecular formula is C56H48O10. The number of benzene rings is 8. The molecule has 0 radical (unpaired) electrons. The average molecular weight is 881 g/mol. The van der Waals surface area contributed by atoms with Crippen LogP contribution in [0.3, 0.4) is 0 Å². The molecule has 0 aliphatic rings. The molecule has 2 N–H and O–H groups in total. The summed E-state index contributed by atoms with van der Waals surface area (Å²) in [6.07, 6.45) is 0. The predicted molar refractivity (Wildman–Crippen MR) is 250 cm³/mol. The van der Waals surface area contributed by atoms with Crippen molar-refractivity contribution in [3.8, 4) is 46.0 Å². The molecule has 0 saturated carbocycles. The zero-order valence-electron chi connectivity index (χ0n) is 36.1. The topological polar surface area (TPSA) is 122 Å². The Balaban J connectivity index is 1.03. The van der Waals surface area contributed by atoms with Gasteiger partial charge >= 0.3 is 5.97 Å². The summed E-state index contributed by atoms with van der Waals surface area (Å²) in [6, 6.07) is 60.4. The van der Waals surface area contributed by atoms with E-state index in [2.05, 4.69) is 0 Å². The number of phenolic OH excluding ortho intramolecular Hbond substituents is 2. The molecule has 0 spiro atoms. The second kappa shape index (κ2) is 22.3. The molecule has 0 aromatic heterocycles. The fourth-order valence-electron chi connectivity index (χ4n) is 6.86. The summed E-state index contributed by atoms with van der Waals surface area (Å²) < 4.78 is 43.4. The van der Waals surface area contributed by atoms with Crippen molar-refractivity contribution in [3.63, 3.8) is 0 Å². The van der Waals surface area contributed by atoms with E-state index in [-0.39, 0.29) is 25.4 Å². The number of rotatable bonds is 21. The molecule has 0 heterocycles. The highest BCUT2D eigenvalue weighted by Crippen LogP contribution is 2.32. The van der Waals surface area contributed by atoms with Crippen LogP contribution in [-0.2, 0) is 51.0 Å². The van der Waals surface area contributed by atoms with Crippen LogP contribution in [0.2, 0.25) is 0 Å². The zero-order valence-corrected chi connectivity index (χ0v) is 36.1. The first kappa shape index (κ1) is 44.2. The Labute approximate surface area is 383 Å². The van der Waals surface area contributed by atoms with E-state index in [1.54, 1.807) is 18.2 Å². The smallest absolute Gasteiger partial charge is 0.342 e. The lowest BCUT2D eigenvalue weighted by Crippen LogP contribution is -2.06.